The highest BCUT2D eigenvalue weighted by molar-refractivity contribution is 5.94. The van der Waals surface area contributed by atoms with Crippen LogP contribution in [0.1, 0.15) is 18.2 Å². The van der Waals surface area contributed by atoms with Gasteiger partial charge in [-0.2, -0.15) is 0 Å². The number of fused-ring (bicyclic) bond motifs is 1. The molecule has 0 atom stereocenters. The Labute approximate surface area is 213 Å². The molecular formula is C29H36N6O. The Kier molecular flexibility index (Phi) is 7.11. The Morgan fingerprint density at radius 1 is 1.00 bits per heavy atom. The van der Waals surface area contributed by atoms with Crippen molar-refractivity contribution < 1.29 is 4.74 Å². The number of nitrogens with one attached hydrogen (secondary N) is 2. The van der Waals surface area contributed by atoms with Gasteiger partial charge in [-0.1, -0.05) is 19.1 Å². The van der Waals surface area contributed by atoms with Crippen molar-refractivity contribution in [2.24, 2.45) is 0 Å². The van der Waals surface area contributed by atoms with Crippen LogP contribution in [0.15, 0.2) is 54.9 Å². The molecule has 7 nitrogen and oxygen atoms in total. The predicted molar refractivity (Wildman–Crippen MR) is 149 cm³/mol. The minimum absolute atomic E-state index is 0.618. The third-order valence-corrected chi connectivity index (χ3v) is 7.29. The van der Waals surface area contributed by atoms with Gasteiger partial charge < -0.3 is 25.7 Å². The van der Waals surface area contributed by atoms with Crippen LogP contribution in [-0.4, -0.2) is 65.6 Å². The molecule has 36 heavy (non-hydrogen) atoms. The number of aromatic amines is 1. The fourth-order valence-corrected chi connectivity index (χ4v) is 5.00. The van der Waals surface area contributed by atoms with E-state index in [-0.39, 0.29) is 0 Å². The molecule has 0 spiro atoms. The van der Waals surface area contributed by atoms with Crippen molar-refractivity contribution in [1.29, 1.82) is 0 Å². The molecule has 0 saturated carbocycles. The van der Waals surface area contributed by atoms with E-state index in [0.29, 0.717) is 12.3 Å². The van der Waals surface area contributed by atoms with E-state index in [4.69, 9.17) is 10.5 Å². The van der Waals surface area contributed by atoms with E-state index >= 15 is 0 Å². The summed E-state index contributed by atoms with van der Waals surface area (Å²) in [5, 5.41) is 4.80. The molecule has 0 aliphatic carbocycles. The number of hydrogen-bond acceptors (Lipinski definition) is 6. The summed E-state index contributed by atoms with van der Waals surface area (Å²) in [7, 11) is 0. The molecular weight excluding hydrogens is 448 g/mol. The topological polar surface area (TPSA) is 82.4 Å². The molecule has 0 amide bonds. The first-order valence-electron chi connectivity index (χ1n) is 12.8. The molecule has 2 aromatic carbocycles. The Morgan fingerprint density at radius 3 is 2.50 bits per heavy atom. The minimum atomic E-state index is 0.618. The maximum atomic E-state index is 6.44. The van der Waals surface area contributed by atoms with Crippen LogP contribution in [0.2, 0.25) is 0 Å². The van der Waals surface area contributed by atoms with E-state index in [1.165, 1.54) is 10.9 Å². The Hall–Kier alpha value is -3.55. The van der Waals surface area contributed by atoms with E-state index in [9.17, 15) is 0 Å². The van der Waals surface area contributed by atoms with Crippen LogP contribution in [-0.2, 0) is 0 Å². The van der Waals surface area contributed by atoms with Crippen molar-refractivity contribution in [3.63, 3.8) is 0 Å². The van der Waals surface area contributed by atoms with Gasteiger partial charge in [-0.05, 0) is 61.9 Å². The number of aromatic nitrogens is 2. The molecule has 4 N–H and O–H groups in total. The van der Waals surface area contributed by atoms with Crippen LogP contribution >= 0.6 is 0 Å². The van der Waals surface area contributed by atoms with Crippen molar-refractivity contribution in [1.82, 2.24) is 19.8 Å². The number of nitrogens with two attached hydrogens (primary N) is 1. The zero-order valence-electron chi connectivity index (χ0n) is 21.5. The Morgan fingerprint density at radius 2 is 1.75 bits per heavy atom. The number of nitrogen functional groups attached to an aromatic ring is 1. The largest absolute Gasteiger partial charge is 0.492 e. The third-order valence-electron chi connectivity index (χ3n) is 7.29. The Balaban J connectivity index is 1.31. The lowest BCUT2D eigenvalue weighted by Gasteiger charge is -2.33. The molecule has 1 aliphatic rings. The number of likely N-dealkylation sites (N-methyl/N-ethyl adjacent to an activating group) is 1. The maximum absolute atomic E-state index is 6.44. The van der Waals surface area contributed by atoms with Crippen LogP contribution in [0.4, 0.5) is 17.1 Å². The van der Waals surface area contributed by atoms with Crippen LogP contribution in [0.3, 0.4) is 0 Å². The number of nitrogens with zero attached hydrogens (tertiary/aromatic N) is 3. The zero-order chi connectivity index (χ0) is 25.1. The molecule has 3 heterocycles. The fourth-order valence-electron chi connectivity index (χ4n) is 5.00. The fraction of sp³-hybridized carbons (Fsp3) is 0.345. The van der Waals surface area contributed by atoms with Crippen LogP contribution in [0.5, 0.6) is 5.75 Å². The van der Waals surface area contributed by atoms with Gasteiger partial charge in [-0.3, -0.25) is 9.88 Å². The van der Waals surface area contributed by atoms with Gasteiger partial charge in [0.25, 0.3) is 0 Å². The second-order valence-electron chi connectivity index (χ2n) is 9.50. The highest BCUT2D eigenvalue weighted by Gasteiger charge is 2.17. The van der Waals surface area contributed by atoms with E-state index in [0.717, 1.165) is 78.7 Å². The second-order valence-corrected chi connectivity index (χ2v) is 9.50. The number of H-pyrrole nitrogens is 1. The van der Waals surface area contributed by atoms with E-state index < -0.39 is 0 Å². The van der Waals surface area contributed by atoms with Gasteiger partial charge in [0.05, 0.1) is 17.6 Å². The second kappa shape index (κ2) is 10.6. The standard InChI is InChI=1S/C29H36N6O/c1-4-34-13-15-35(16-14-34)17-18-36-23-7-5-22(6-8-23)28-21(3)32-19-25(30)29(28)33-26-9-10-27-24(20(26)2)11-12-31-27/h5-12,19,31H,4,13-18,30H2,1-3H3,(H,32,33). The highest BCUT2D eigenvalue weighted by atomic mass is 16.5. The van der Waals surface area contributed by atoms with Gasteiger partial charge in [-0.15, -0.1) is 0 Å². The SMILES string of the molecule is CCN1CCN(CCOc2ccc(-c3c(C)ncc(N)c3Nc3ccc4[nH]ccc4c3C)cc2)CC1. The molecule has 4 aromatic rings. The number of ether oxygens (including phenoxy) is 1. The van der Waals surface area contributed by atoms with Gasteiger partial charge in [0.1, 0.15) is 12.4 Å². The number of aryl methyl sites for hydroxylation is 2. The van der Waals surface area contributed by atoms with Gasteiger partial charge in [0.15, 0.2) is 0 Å². The minimum Gasteiger partial charge on any atom is -0.492 e. The Bertz CT molecular complexity index is 1320. The molecule has 0 radical (unpaired) electrons. The smallest absolute Gasteiger partial charge is 0.119 e. The van der Waals surface area contributed by atoms with Crippen molar-refractivity contribution in [3.8, 4) is 16.9 Å². The highest BCUT2D eigenvalue weighted by Crippen LogP contribution is 2.38. The van der Waals surface area contributed by atoms with Gasteiger partial charge in [-0.25, -0.2) is 0 Å². The lowest BCUT2D eigenvalue weighted by molar-refractivity contribution is 0.121. The third kappa shape index (κ3) is 5.03. The number of hydrogen-bond donors (Lipinski definition) is 3. The first-order chi connectivity index (χ1) is 17.5. The molecule has 0 bridgehead atoms. The number of piperazine rings is 1. The molecule has 1 aliphatic heterocycles. The summed E-state index contributed by atoms with van der Waals surface area (Å²) in [5.41, 5.74) is 14.2. The first kappa shape index (κ1) is 24.2. The average Bonchev–Trinajstić information content (AvgIpc) is 3.39. The molecule has 2 aromatic heterocycles. The quantitative estimate of drug-likeness (QED) is 0.319. The zero-order valence-corrected chi connectivity index (χ0v) is 21.5. The van der Waals surface area contributed by atoms with Crippen molar-refractivity contribution in [3.05, 3.63) is 66.1 Å². The van der Waals surface area contributed by atoms with E-state index in [2.05, 4.69) is 69.3 Å². The molecule has 188 valence electrons. The first-order valence-corrected chi connectivity index (χ1v) is 12.8. The summed E-state index contributed by atoms with van der Waals surface area (Å²) in [4.78, 5) is 12.8. The number of rotatable bonds is 8. The monoisotopic (exact) mass is 484 g/mol. The van der Waals surface area contributed by atoms with Crippen molar-refractivity contribution in [2.45, 2.75) is 20.8 Å². The summed E-state index contributed by atoms with van der Waals surface area (Å²) in [6.45, 7) is 13.7. The van der Waals surface area contributed by atoms with Crippen molar-refractivity contribution in [2.75, 3.05) is 56.9 Å². The van der Waals surface area contributed by atoms with Gasteiger partial charge >= 0.3 is 0 Å². The van der Waals surface area contributed by atoms with Crippen LogP contribution in [0.25, 0.3) is 22.0 Å². The van der Waals surface area contributed by atoms with Crippen LogP contribution < -0.4 is 15.8 Å². The van der Waals surface area contributed by atoms with Gasteiger partial charge in [0.2, 0.25) is 0 Å². The molecule has 5 rings (SSSR count). The average molecular weight is 485 g/mol. The molecule has 1 saturated heterocycles. The van der Waals surface area contributed by atoms with Crippen LogP contribution in [0, 0.1) is 13.8 Å². The maximum Gasteiger partial charge on any atom is 0.119 e. The van der Waals surface area contributed by atoms with E-state index in [1.54, 1.807) is 6.20 Å². The molecule has 7 heteroatoms. The number of pyridine rings is 1. The van der Waals surface area contributed by atoms with Crippen molar-refractivity contribution >= 4 is 28.0 Å². The normalized spacial score (nSPS) is 14.9. The summed E-state index contributed by atoms with van der Waals surface area (Å²) in [5.74, 6) is 0.878. The lowest BCUT2D eigenvalue weighted by atomic mass is 10.0. The summed E-state index contributed by atoms with van der Waals surface area (Å²) >= 11 is 0. The van der Waals surface area contributed by atoms with E-state index in [1.807, 2.05) is 25.3 Å². The summed E-state index contributed by atoms with van der Waals surface area (Å²) < 4.78 is 6.07. The summed E-state index contributed by atoms with van der Waals surface area (Å²) in [6.07, 6.45) is 3.69. The molecule has 1 fully saturated rings. The summed E-state index contributed by atoms with van der Waals surface area (Å²) in [6, 6.07) is 14.5. The number of benzene rings is 2. The predicted octanol–water partition coefficient (Wildman–Crippen LogP) is 5.19. The number of anilines is 3. The lowest BCUT2D eigenvalue weighted by Crippen LogP contribution is -2.47. The molecule has 0 unspecified atom stereocenters. The van der Waals surface area contributed by atoms with Gasteiger partial charge in [0, 0.05) is 66.8 Å².